The molecule has 0 heterocycles. The molecule has 0 aromatic heterocycles. The maximum Gasteiger partial charge on any atom is 0.336 e. The van der Waals surface area contributed by atoms with Crippen molar-refractivity contribution in [3.63, 3.8) is 0 Å². The van der Waals surface area contributed by atoms with Crippen molar-refractivity contribution >= 4 is 5.97 Å². The van der Waals surface area contributed by atoms with Gasteiger partial charge in [-0.25, -0.2) is 4.79 Å². The highest BCUT2D eigenvalue weighted by Crippen LogP contribution is 2.06. The molecular formula is C19H20O2. The van der Waals surface area contributed by atoms with E-state index < -0.39 is 5.97 Å². The number of carbonyl (C=O) groups is 1. The van der Waals surface area contributed by atoms with Crippen LogP contribution in [0.25, 0.3) is 0 Å². The molecule has 0 aliphatic carbocycles. The van der Waals surface area contributed by atoms with Crippen molar-refractivity contribution in [3.8, 4) is 23.7 Å². The lowest BCUT2D eigenvalue weighted by molar-refractivity contribution is 0.0696. The quantitative estimate of drug-likeness (QED) is 0.646. The van der Waals surface area contributed by atoms with Crippen LogP contribution in [-0.4, -0.2) is 11.1 Å². The third kappa shape index (κ3) is 7.04. The van der Waals surface area contributed by atoms with E-state index in [4.69, 9.17) is 5.11 Å². The monoisotopic (exact) mass is 280 g/mol. The van der Waals surface area contributed by atoms with E-state index >= 15 is 0 Å². The van der Waals surface area contributed by atoms with Crippen LogP contribution in [0.4, 0.5) is 0 Å². The van der Waals surface area contributed by atoms with Crippen molar-refractivity contribution < 1.29 is 9.90 Å². The molecule has 0 radical (unpaired) electrons. The summed E-state index contributed by atoms with van der Waals surface area (Å²) in [6, 6.07) is 6.71. The van der Waals surface area contributed by atoms with Crippen LogP contribution in [0.1, 0.15) is 54.9 Å². The van der Waals surface area contributed by atoms with Crippen LogP contribution in [-0.2, 0) is 0 Å². The van der Waals surface area contributed by atoms with Crippen molar-refractivity contribution in [3.05, 3.63) is 47.5 Å². The maximum absolute atomic E-state index is 11.0. The largest absolute Gasteiger partial charge is 0.478 e. The Kier molecular flexibility index (Phi) is 8.18. The first-order valence-electron chi connectivity index (χ1n) is 7.23. The zero-order chi connectivity index (χ0) is 15.3. The van der Waals surface area contributed by atoms with Crippen LogP contribution < -0.4 is 0 Å². The third-order valence-corrected chi connectivity index (χ3v) is 2.87. The summed E-state index contributed by atoms with van der Waals surface area (Å²) >= 11 is 0. The summed E-state index contributed by atoms with van der Waals surface area (Å²) in [5.41, 5.74) is 0.739. The lowest BCUT2D eigenvalue weighted by atomic mass is 10.1. The van der Waals surface area contributed by atoms with Crippen molar-refractivity contribution in [2.75, 3.05) is 0 Å². The lowest BCUT2D eigenvalue weighted by Gasteiger charge is -1.96. The van der Waals surface area contributed by atoms with Crippen LogP contribution in [0.2, 0.25) is 0 Å². The Morgan fingerprint density at radius 2 is 1.90 bits per heavy atom. The number of carboxylic acids is 1. The van der Waals surface area contributed by atoms with Gasteiger partial charge in [-0.3, -0.25) is 0 Å². The lowest BCUT2D eigenvalue weighted by Crippen LogP contribution is -1.98. The molecule has 2 nitrogen and oxygen atoms in total. The minimum Gasteiger partial charge on any atom is -0.478 e. The second kappa shape index (κ2) is 10.4. The molecule has 21 heavy (non-hydrogen) atoms. The molecule has 0 atom stereocenters. The van der Waals surface area contributed by atoms with Gasteiger partial charge in [0.2, 0.25) is 0 Å². The highest BCUT2D eigenvalue weighted by Gasteiger charge is 2.05. The fraction of sp³-hybridized carbons (Fsp3) is 0.316. The number of unbranched alkanes of at least 4 members (excludes halogenated alkanes) is 4. The molecule has 0 amide bonds. The summed E-state index contributed by atoms with van der Waals surface area (Å²) in [6.07, 6.45) is 9.16. The molecule has 0 fully saturated rings. The highest BCUT2D eigenvalue weighted by molar-refractivity contribution is 5.90. The average Bonchev–Trinajstić information content (AvgIpc) is 2.49. The number of rotatable bonds is 5. The smallest absolute Gasteiger partial charge is 0.336 e. The van der Waals surface area contributed by atoms with E-state index in [0.717, 1.165) is 12.8 Å². The van der Waals surface area contributed by atoms with E-state index in [1.54, 1.807) is 36.4 Å². The van der Waals surface area contributed by atoms with Crippen molar-refractivity contribution in [2.45, 2.75) is 39.0 Å². The SMILES string of the molecule is CCCCCCC#C/C=C\C#Cc1ccccc1C(=O)O. The van der Waals surface area contributed by atoms with E-state index in [-0.39, 0.29) is 5.56 Å². The highest BCUT2D eigenvalue weighted by atomic mass is 16.4. The number of hydrogen-bond acceptors (Lipinski definition) is 1. The average molecular weight is 280 g/mol. The number of benzene rings is 1. The number of aromatic carboxylic acids is 1. The first-order chi connectivity index (χ1) is 10.3. The molecule has 1 rings (SSSR count). The van der Waals surface area contributed by atoms with E-state index in [2.05, 4.69) is 30.6 Å². The van der Waals surface area contributed by atoms with E-state index in [9.17, 15) is 4.79 Å². The van der Waals surface area contributed by atoms with Gasteiger partial charge in [-0.2, -0.15) is 0 Å². The Balaban J connectivity index is 2.48. The van der Waals surface area contributed by atoms with Gasteiger partial charge in [-0.1, -0.05) is 62.0 Å². The zero-order valence-electron chi connectivity index (χ0n) is 12.4. The van der Waals surface area contributed by atoms with Crippen LogP contribution in [0.5, 0.6) is 0 Å². The van der Waals surface area contributed by atoms with Crippen LogP contribution in [0, 0.1) is 23.7 Å². The molecule has 0 saturated heterocycles. The molecule has 0 saturated carbocycles. The molecule has 1 N–H and O–H groups in total. The second-order valence-corrected chi connectivity index (χ2v) is 4.59. The van der Waals surface area contributed by atoms with Crippen molar-refractivity contribution in [1.82, 2.24) is 0 Å². The molecule has 0 bridgehead atoms. The molecule has 108 valence electrons. The van der Waals surface area contributed by atoms with Gasteiger partial charge in [0.15, 0.2) is 0 Å². The molecule has 1 aromatic rings. The first-order valence-corrected chi connectivity index (χ1v) is 7.23. The first kappa shape index (κ1) is 16.6. The number of hydrogen-bond donors (Lipinski definition) is 1. The van der Waals surface area contributed by atoms with Crippen LogP contribution >= 0.6 is 0 Å². The van der Waals surface area contributed by atoms with Gasteiger partial charge in [0.25, 0.3) is 0 Å². The molecular weight excluding hydrogens is 260 g/mol. The summed E-state index contributed by atoms with van der Waals surface area (Å²) in [6.45, 7) is 2.19. The summed E-state index contributed by atoms with van der Waals surface area (Å²) < 4.78 is 0. The summed E-state index contributed by atoms with van der Waals surface area (Å²) in [5.74, 6) is 10.7. The van der Waals surface area contributed by atoms with Gasteiger partial charge < -0.3 is 5.11 Å². The molecule has 1 aromatic carbocycles. The Bertz CT molecular complexity index is 604. The minimum absolute atomic E-state index is 0.223. The van der Waals surface area contributed by atoms with Gasteiger partial charge in [-0.05, 0) is 30.7 Å². The van der Waals surface area contributed by atoms with Gasteiger partial charge in [0.05, 0.1) is 5.56 Å². The fourth-order valence-corrected chi connectivity index (χ4v) is 1.75. The third-order valence-electron chi connectivity index (χ3n) is 2.87. The van der Waals surface area contributed by atoms with E-state index in [1.165, 1.54) is 19.3 Å². The Hall–Kier alpha value is -2.45. The Morgan fingerprint density at radius 1 is 1.14 bits per heavy atom. The Morgan fingerprint density at radius 3 is 2.67 bits per heavy atom. The molecule has 0 aliphatic heterocycles. The minimum atomic E-state index is -0.962. The van der Waals surface area contributed by atoms with E-state index in [0.29, 0.717) is 5.56 Å². The predicted octanol–water partition coefficient (Wildman–Crippen LogP) is 4.27. The van der Waals surface area contributed by atoms with Crippen molar-refractivity contribution in [2.24, 2.45) is 0 Å². The fourth-order valence-electron chi connectivity index (χ4n) is 1.75. The summed E-state index contributed by atoms with van der Waals surface area (Å²) in [7, 11) is 0. The maximum atomic E-state index is 11.0. The van der Waals surface area contributed by atoms with Gasteiger partial charge in [-0.15, -0.1) is 0 Å². The zero-order valence-corrected chi connectivity index (χ0v) is 12.4. The summed E-state index contributed by atoms with van der Waals surface area (Å²) in [5, 5.41) is 9.02. The molecule has 2 heteroatoms. The van der Waals surface area contributed by atoms with Crippen molar-refractivity contribution in [1.29, 1.82) is 0 Å². The molecule has 0 aliphatic rings. The van der Waals surface area contributed by atoms with Gasteiger partial charge >= 0.3 is 5.97 Å². The van der Waals surface area contributed by atoms with Gasteiger partial charge in [0, 0.05) is 12.0 Å². The summed E-state index contributed by atoms with van der Waals surface area (Å²) in [4.78, 5) is 11.0. The van der Waals surface area contributed by atoms with Crippen LogP contribution in [0.3, 0.4) is 0 Å². The normalized spacial score (nSPS) is 9.57. The standard InChI is InChI=1S/C19H20O2/c1-2-3-4-5-6-7-8-9-10-11-14-17-15-12-13-16-18(17)19(20)21/h9-10,12-13,15-16H,2-6H2,1H3,(H,20,21)/b10-9-. The number of allylic oxidation sites excluding steroid dienone is 2. The topological polar surface area (TPSA) is 37.3 Å². The molecule has 0 unspecified atom stereocenters. The molecule has 0 spiro atoms. The predicted molar refractivity (Wildman–Crippen MR) is 86.0 cm³/mol. The number of carboxylic acid groups (broad SMARTS) is 1. The second-order valence-electron chi connectivity index (χ2n) is 4.59. The Labute approximate surface area is 126 Å². The van der Waals surface area contributed by atoms with Gasteiger partial charge in [0.1, 0.15) is 0 Å². The van der Waals surface area contributed by atoms with E-state index in [1.807, 2.05) is 0 Å². The van der Waals surface area contributed by atoms with Crippen LogP contribution in [0.15, 0.2) is 36.4 Å².